The highest BCUT2D eigenvalue weighted by atomic mass is 32.2. The van der Waals surface area contributed by atoms with E-state index in [9.17, 15) is 48.6 Å². The van der Waals surface area contributed by atoms with E-state index in [2.05, 4.69) is 41.9 Å². The quantitative estimate of drug-likeness (QED) is 0.104. The predicted molar refractivity (Wildman–Crippen MR) is 220 cm³/mol. The van der Waals surface area contributed by atoms with Crippen LogP contribution in [0.5, 0.6) is 5.75 Å². The number of phenols is 1. The number of fused-ring (bicyclic) bond motifs is 6. The number of hydrogen-bond acceptors (Lipinski definition) is 13. The van der Waals surface area contributed by atoms with E-state index in [0.717, 1.165) is 0 Å². The number of carbonyl (C=O) groups is 8. The lowest BCUT2D eigenvalue weighted by Gasteiger charge is -2.24. The molecule has 4 aromatic rings. The van der Waals surface area contributed by atoms with Gasteiger partial charge in [-0.25, -0.2) is 9.78 Å². The average molecular weight is 863 g/mol. The van der Waals surface area contributed by atoms with Gasteiger partial charge in [0.2, 0.25) is 47.2 Å². The van der Waals surface area contributed by atoms with E-state index < -0.39 is 97.7 Å². The second-order valence-corrected chi connectivity index (χ2v) is 15.6. The molecule has 22 heteroatoms. The minimum Gasteiger partial charge on any atom is -0.507 e. The zero-order valence-electron chi connectivity index (χ0n) is 33.0. The Morgan fingerprint density at radius 2 is 1.67 bits per heavy atom. The van der Waals surface area contributed by atoms with Crippen LogP contribution in [-0.2, 0) is 51.2 Å². The summed E-state index contributed by atoms with van der Waals surface area (Å²) >= 11 is 1.50. The number of thioether (sulfide) groups is 1. The summed E-state index contributed by atoms with van der Waals surface area (Å²) in [5.41, 5.74) is 8.41. The molecule has 0 radical (unpaired) electrons. The minimum atomic E-state index is -1.40. The van der Waals surface area contributed by atoms with Crippen LogP contribution in [0.1, 0.15) is 30.5 Å². The fraction of sp³-hybridized carbons (Fsp3) is 0.410. The molecule has 2 aromatic heterocycles. The molecule has 2 unspecified atom stereocenters. The molecule has 0 aliphatic carbocycles. The first-order valence-corrected chi connectivity index (χ1v) is 20.8. The van der Waals surface area contributed by atoms with Crippen molar-refractivity contribution in [3.63, 3.8) is 0 Å². The van der Waals surface area contributed by atoms with Crippen LogP contribution in [0.4, 0.5) is 0 Å². The zero-order valence-corrected chi connectivity index (χ0v) is 33.8. The normalized spacial score (nSPS) is 20.8. The first-order valence-electron chi connectivity index (χ1n) is 19.4. The smallest absolute Gasteiger partial charge is 0.326 e. The number of carboxylic acids is 1. The van der Waals surface area contributed by atoms with Crippen molar-refractivity contribution < 1.29 is 53.0 Å². The molecule has 0 spiro atoms. The number of H-pyrrole nitrogens is 1. The van der Waals surface area contributed by atoms with Crippen molar-refractivity contribution in [2.24, 2.45) is 5.73 Å². The number of amides is 7. The molecule has 21 nitrogen and oxygen atoms in total. The van der Waals surface area contributed by atoms with Gasteiger partial charge in [-0.1, -0.05) is 6.07 Å². The van der Waals surface area contributed by atoms with E-state index in [1.165, 1.54) is 34.9 Å². The molecule has 6 bridgehead atoms. The molecule has 1 fully saturated rings. The molecule has 11 N–H and O–H groups in total. The van der Waals surface area contributed by atoms with Gasteiger partial charge in [0, 0.05) is 36.0 Å². The van der Waals surface area contributed by atoms with E-state index >= 15 is 0 Å². The molecule has 6 rings (SSSR count). The molecule has 2 aliphatic rings. The Balaban J connectivity index is 1.29. The monoisotopic (exact) mass is 862 g/mol. The van der Waals surface area contributed by atoms with Gasteiger partial charge >= 0.3 is 5.97 Å². The summed E-state index contributed by atoms with van der Waals surface area (Å²) in [6, 6.07) is 4.90. The van der Waals surface area contributed by atoms with Gasteiger partial charge in [0.1, 0.15) is 29.4 Å². The van der Waals surface area contributed by atoms with Crippen molar-refractivity contribution in [1.82, 2.24) is 46.8 Å². The van der Waals surface area contributed by atoms with E-state index in [-0.39, 0.29) is 36.6 Å². The molecule has 2 aliphatic heterocycles. The van der Waals surface area contributed by atoms with Crippen LogP contribution in [0.2, 0.25) is 0 Å². The van der Waals surface area contributed by atoms with Crippen molar-refractivity contribution in [2.75, 3.05) is 44.7 Å². The Labute approximate surface area is 351 Å². The van der Waals surface area contributed by atoms with Crippen LogP contribution in [0.15, 0.2) is 40.8 Å². The number of hydrogen-bond donors (Lipinski definition) is 10. The minimum absolute atomic E-state index is 0.0112. The third-order valence-electron chi connectivity index (χ3n) is 10.2. The number of aromatic amines is 1. The number of carbonyl (C=O) groups excluding carboxylic acids is 7. The number of aliphatic carboxylic acids is 1. The standard InChI is InChI=1S/C39H46N10O11S/c1-61-10-8-23(40)35(55)47-25-12-19-4-6-28(50)22(11-19)38-48-34-21-13-20(45-24(21)5-7-29(34)60-38)14-26(39(58)59)46-32(53)17-41-30(51)16-44-37(57)27-3-2-9-49(27)33(54)18-42-31(52)15-43-36(25)56/h4-7,11,13,23,25-27,45,50H,2-3,8-10,12,14-18,40H2,1H3,(H,41,51)(H,42,52)(H,43,56)(H,44,57)(H,46,53)(H,47,55)(H,58,59)/t23-,25?,26?,27-/m0/s1. The number of aromatic nitrogens is 2. The highest BCUT2D eigenvalue weighted by Crippen LogP contribution is 2.35. The van der Waals surface area contributed by atoms with Gasteiger partial charge in [-0.3, -0.25) is 33.6 Å². The van der Waals surface area contributed by atoms with E-state index in [1.807, 2.05) is 6.26 Å². The van der Waals surface area contributed by atoms with Gasteiger partial charge in [0.25, 0.3) is 0 Å². The first-order chi connectivity index (χ1) is 29.2. The Morgan fingerprint density at radius 3 is 2.41 bits per heavy atom. The number of phenolic OH excluding ortho intramolecular Hbond substituents is 1. The Hall–Kier alpha value is -6.68. The van der Waals surface area contributed by atoms with Crippen molar-refractivity contribution in [3.05, 3.63) is 47.7 Å². The SMILES string of the molecule is CSCC[C@H](N)C(=O)NC1Cc2ccc(O)c(c2)-c2nc3c(ccc4[nH]c(cc43)CC(C(=O)O)NC(=O)CNC(=O)CNC(=O)[C@@H]3CCCN3C(=O)CNC(=O)CNC1=O)o2. The summed E-state index contributed by atoms with van der Waals surface area (Å²) < 4.78 is 6.04. The molecule has 1 saturated heterocycles. The fourth-order valence-electron chi connectivity index (χ4n) is 7.02. The van der Waals surface area contributed by atoms with Crippen molar-refractivity contribution in [1.29, 1.82) is 0 Å². The second kappa shape index (κ2) is 19.6. The summed E-state index contributed by atoms with van der Waals surface area (Å²) in [4.78, 5) is 112. The lowest BCUT2D eigenvalue weighted by Crippen LogP contribution is -2.54. The Kier molecular flexibility index (Phi) is 14.1. The molecule has 324 valence electrons. The maximum Gasteiger partial charge on any atom is 0.326 e. The predicted octanol–water partition coefficient (Wildman–Crippen LogP) is -1.63. The van der Waals surface area contributed by atoms with Gasteiger partial charge in [0.15, 0.2) is 5.58 Å². The van der Waals surface area contributed by atoms with Crippen molar-refractivity contribution >= 4 is 81.1 Å². The van der Waals surface area contributed by atoms with Crippen LogP contribution >= 0.6 is 11.8 Å². The van der Waals surface area contributed by atoms with Crippen LogP contribution in [0, 0.1) is 0 Å². The van der Waals surface area contributed by atoms with Gasteiger partial charge in [-0.05, 0) is 67.2 Å². The fourth-order valence-corrected chi connectivity index (χ4v) is 7.51. The van der Waals surface area contributed by atoms with E-state index in [0.29, 0.717) is 58.3 Å². The topological polar surface area (TPSA) is 320 Å². The summed E-state index contributed by atoms with van der Waals surface area (Å²) in [6.07, 6.45) is 2.67. The van der Waals surface area contributed by atoms with Crippen molar-refractivity contribution in [2.45, 2.75) is 56.3 Å². The number of oxazole rings is 1. The van der Waals surface area contributed by atoms with E-state index in [4.69, 9.17) is 10.2 Å². The number of rotatable bonds is 6. The summed E-state index contributed by atoms with van der Waals surface area (Å²) in [5.74, 6) is -5.77. The summed E-state index contributed by atoms with van der Waals surface area (Å²) in [7, 11) is 0. The molecule has 7 amide bonds. The molecule has 4 atom stereocenters. The van der Waals surface area contributed by atoms with Gasteiger partial charge in [0.05, 0.1) is 37.8 Å². The average Bonchev–Trinajstić information content (AvgIpc) is 4.00. The maximum atomic E-state index is 13.6. The lowest BCUT2D eigenvalue weighted by atomic mass is 10.0. The largest absolute Gasteiger partial charge is 0.507 e. The second-order valence-electron chi connectivity index (χ2n) is 14.6. The third-order valence-corrected chi connectivity index (χ3v) is 10.9. The number of nitrogens with one attached hydrogen (secondary N) is 7. The third kappa shape index (κ3) is 10.9. The number of nitrogens with two attached hydrogens (primary N) is 1. The van der Waals surface area contributed by atoms with Gasteiger partial charge in [-0.2, -0.15) is 11.8 Å². The van der Waals surface area contributed by atoms with E-state index in [1.54, 1.807) is 18.2 Å². The molecule has 4 heterocycles. The highest BCUT2D eigenvalue weighted by molar-refractivity contribution is 7.98. The lowest BCUT2D eigenvalue weighted by molar-refractivity contribution is -0.141. The molecular weight excluding hydrogens is 817 g/mol. The van der Waals surface area contributed by atoms with Crippen LogP contribution in [0.3, 0.4) is 0 Å². The molecular formula is C39H46N10O11S. The van der Waals surface area contributed by atoms with Gasteiger partial charge < -0.3 is 62.1 Å². The van der Waals surface area contributed by atoms with Gasteiger partial charge in [-0.15, -0.1) is 0 Å². The Morgan fingerprint density at radius 1 is 0.951 bits per heavy atom. The number of benzene rings is 2. The Bertz CT molecular complexity index is 2360. The van der Waals surface area contributed by atoms with Crippen LogP contribution in [-0.4, -0.2) is 141 Å². The molecule has 2 aromatic carbocycles. The maximum absolute atomic E-state index is 13.6. The zero-order chi connectivity index (χ0) is 43.8. The molecule has 61 heavy (non-hydrogen) atoms. The van der Waals surface area contributed by atoms with Crippen LogP contribution in [0.25, 0.3) is 33.5 Å². The number of nitrogens with zero attached hydrogens (tertiary/aromatic N) is 2. The summed E-state index contributed by atoms with van der Waals surface area (Å²) in [6.45, 7) is -1.98. The highest BCUT2D eigenvalue weighted by Gasteiger charge is 2.34. The number of carboxylic acid groups (broad SMARTS) is 1. The summed E-state index contributed by atoms with van der Waals surface area (Å²) in [5, 5.41) is 36.1. The first kappa shape index (κ1) is 43.9. The number of aromatic hydroxyl groups is 1. The van der Waals surface area contributed by atoms with Crippen molar-refractivity contribution in [3.8, 4) is 17.2 Å². The van der Waals surface area contributed by atoms with Crippen LogP contribution < -0.4 is 37.6 Å². The molecule has 0 saturated carbocycles.